The van der Waals surface area contributed by atoms with Gasteiger partial charge in [0.2, 0.25) is 0 Å². The van der Waals surface area contributed by atoms with Gasteiger partial charge in [0, 0.05) is 6.07 Å². The van der Waals surface area contributed by atoms with Gasteiger partial charge in [0.25, 0.3) is 11.4 Å². The number of hydrazone groups is 1. The lowest BCUT2D eigenvalue weighted by Gasteiger charge is -2.01. The molecule has 0 saturated heterocycles. The Morgan fingerprint density at radius 2 is 2.10 bits per heavy atom. The van der Waals surface area contributed by atoms with E-state index in [9.17, 15) is 25.0 Å². The second-order valence-electron chi connectivity index (χ2n) is 3.66. The maximum atomic E-state index is 11.0. The summed E-state index contributed by atoms with van der Waals surface area (Å²) in [6.07, 6.45) is 1.10. The third-order valence-corrected chi connectivity index (χ3v) is 2.25. The van der Waals surface area contributed by atoms with Gasteiger partial charge in [-0.05, 0) is 13.0 Å². The Morgan fingerprint density at radius 1 is 1.38 bits per heavy atom. The van der Waals surface area contributed by atoms with Crippen molar-refractivity contribution < 1.29 is 19.4 Å². The number of esters is 1. The molecule has 0 radical (unpaired) electrons. The van der Waals surface area contributed by atoms with Crippen molar-refractivity contribution in [2.45, 2.75) is 6.92 Å². The highest BCUT2D eigenvalue weighted by Crippen LogP contribution is 2.23. The monoisotopic (exact) mass is 296 g/mol. The number of benzene rings is 1. The summed E-state index contributed by atoms with van der Waals surface area (Å²) in [7, 11) is 0. The molecule has 0 aliphatic heterocycles. The fraction of sp³-hybridized carbons (Fsp3) is 0.273. The van der Waals surface area contributed by atoms with E-state index in [2.05, 4.69) is 15.3 Å². The molecule has 0 atom stereocenters. The molecule has 0 saturated carbocycles. The lowest BCUT2D eigenvalue weighted by molar-refractivity contribution is -0.394. The standard InChI is InChI=1S/C11H12N4O6/c1-2-21-11(16)7-13-12-6-8-3-4-9(14(17)18)5-10(8)15(19)20/h3-6,13H,2,7H2,1H3/b12-6+. The van der Waals surface area contributed by atoms with Gasteiger partial charge in [-0.15, -0.1) is 0 Å². The SMILES string of the molecule is CCOC(=O)CN/N=C/c1ccc([N+](=O)[O-])cc1[N+](=O)[O-]. The number of nitro groups is 2. The van der Waals surface area contributed by atoms with Gasteiger partial charge in [-0.25, -0.2) is 0 Å². The molecule has 1 N–H and O–H groups in total. The first-order valence-electron chi connectivity index (χ1n) is 5.80. The van der Waals surface area contributed by atoms with Crippen LogP contribution in [0.15, 0.2) is 23.3 Å². The molecule has 0 fully saturated rings. The first-order valence-corrected chi connectivity index (χ1v) is 5.80. The van der Waals surface area contributed by atoms with Gasteiger partial charge in [0.05, 0.1) is 34.3 Å². The van der Waals surface area contributed by atoms with Crippen LogP contribution in [0.25, 0.3) is 0 Å². The Hall–Kier alpha value is -3.04. The highest BCUT2D eigenvalue weighted by atomic mass is 16.6. The minimum absolute atomic E-state index is 0.0713. The number of nitrogens with one attached hydrogen (secondary N) is 1. The van der Waals surface area contributed by atoms with E-state index in [1.807, 2.05) is 0 Å². The van der Waals surface area contributed by atoms with Crippen molar-refractivity contribution in [3.63, 3.8) is 0 Å². The molecule has 0 aliphatic carbocycles. The highest BCUT2D eigenvalue weighted by molar-refractivity contribution is 5.86. The van der Waals surface area contributed by atoms with E-state index in [-0.39, 0.29) is 18.7 Å². The number of carbonyl (C=O) groups is 1. The van der Waals surface area contributed by atoms with Gasteiger partial charge < -0.3 is 4.74 Å². The molecule has 0 heterocycles. The largest absolute Gasteiger partial charge is 0.465 e. The number of rotatable bonds is 7. The minimum Gasteiger partial charge on any atom is -0.465 e. The van der Waals surface area contributed by atoms with Crippen LogP contribution in [-0.2, 0) is 9.53 Å². The maximum absolute atomic E-state index is 11.0. The summed E-state index contributed by atoms with van der Waals surface area (Å²) >= 11 is 0. The predicted octanol–water partition coefficient (Wildman–Crippen LogP) is 0.990. The summed E-state index contributed by atoms with van der Waals surface area (Å²) in [5.41, 5.74) is 1.59. The van der Waals surface area contributed by atoms with Crippen molar-refractivity contribution in [3.8, 4) is 0 Å². The zero-order valence-corrected chi connectivity index (χ0v) is 11.0. The minimum atomic E-state index is -0.750. The molecule has 21 heavy (non-hydrogen) atoms. The summed E-state index contributed by atoms with van der Waals surface area (Å²) < 4.78 is 4.64. The van der Waals surface area contributed by atoms with Crippen molar-refractivity contribution in [2.75, 3.05) is 13.2 Å². The zero-order valence-electron chi connectivity index (χ0n) is 11.0. The second kappa shape index (κ2) is 7.53. The predicted molar refractivity (Wildman–Crippen MR) is 72.0 cm³/mol. The number of carbonyl (C=O) groups excluding carboxylic acids is 1. The Morgan fingerprint density at radius 3 is 2.67 bits per heavy atom. The van der Waals surface area contributed by atoms with Crippen LogP contribution < -0.4 is 5.43 Å². The van der Waals surface area contributed by atoms with Gasteiger partial charge in [0.1, 0.15) is 6.54 Å². The molecule has 0 spiro atoms. The van der Waals surface area contributed by atoms with E-state index in [1.165, 1.54) is 6.07 Å². The average Bonchev–Trinajstić information content (AvgIpc) is 2.43. The summed E-state index contributed by atoms with van der Waals surface area (Å²) in [6, 6.07) is 3.16. The third-order valence-electron chi connectivity index (χ3n) is 2.25. The summed E-state index contributed by atoms with van der Waals surface area (Å²) in [6.45, 7) is 1.70. The van der Waals surface area contributed by atoms with Crippen molar-refractivity contribution in [3.05, 3.63) is 44.0 Å². The molecular formula is C11H12N4O6. The lowest BCUT2D eigenvalue weighted by atomic mass is 10.2. The average molecular weight is 296 g/mol. The number of hydrogen-bond acceptors (Lipinski definition) is 8. The molecule has 0 aromatic heterocycles. The Kier molecular flexibility index (Phi) is 5.74. The number of nitro benzene ring substituents is 2. The van der Waals surface area contributed by atoms with Crippen LogP contribution in [0.3, 0.4) is 0 Å². The van der Waals surface area contributed by atoms with Crippen LogP contribution >= 0.6 is 0 Å². The number of nitrogens with zero attached hydrogens (tertiary/aromatic N) is 3. The first-order chi connectivity index (χ1) is 9.95. The summed E-state index contributed by atoms with van der Waals surface area (Å²) in [5.74, 6) is -0.521. The van der Waals surface area contributed by atoms with Crippen LogP contribution in [0.2, 0.25) is 0 Å². The van der Waals surface area contributed by atoms with Crippen molar-refractivity contribution in [1.82, 2.24) is 5.43 Å². The molecule has 1 aromatic rings. The van der Waals surface area contributed by atoms with Crippen LogP contribution in [0.5, 0.6) is 0 Å². The quantitative estimate of drug-likeness (QED) is 0.342. The zero-order chi connectivity index (χ0) is 15.8. The normalized spacial score (nSPS) is 10.3. The van der Waals surface area contributed by atoms with E-state index in [4.69, 9.17) is 0 Å². The summed E-state index contributed by atoms with van der Waals surface area (Å²) in [5, 5.41) is 25.1. The Labute approximate surface area is 118 Å². The van der Waals surface area contributed by atoms with Crippen molar-refractivity contribution >= 4 is 23.6 Å². The Balaban J connectivity index is 2.80. The van der Waals surface area contributed by atoms with E-state index in [0.29, 0.717) is 0 Å². The first kappa shape index (κ1) is 16.0. The van der Waals surface area contributed by atoms with E-state index in [0.717, 1.165) is 18.3 Å². The van der Waals surface area contributed by atoms with Crippen molar-refractivity contribution in [2.24, 2.45) is 5.10 Å². The molecule has 10 heteroatoms. The number of hydrogen-bond donors (Lipinski definition) is 1. The molecule has 0 unspecified atom stereocenters. The molecule has 10 nitrogen and oxygen atoms in total. The highest BCUT2D eigenvalue weighted by Gasteiger charge is 2.18. The smallest absolute Gasteiger partial charge is 0.327 e. The van der Waals surface area contributed by atoms with Crippen LogP contribution in [-0.4, -0.2) is 35.2 Å². The van der Waals surface area contributed by atoms with Gasteiger partial charge in [-0.1, -0.05) is 0 Å². The fourth-order valence-corrected chi connectivity index (χ4v) is 1.35. The van der Waals surface area contributed by atoms with Crippen molar-refractivity contribution in [1.29, 1.82) is 0 Å². The van der Waals surface area contributed by atoms with E-state index in [1.54, 1.807) is 6.92 Å². The molecule has 0 bridgehead atoms. The number of ether oxygens (including phenoxy) is 1. The molecule has 1 aromatic carbocycles. The van der Waals surface area contributed by atoms with E-state index >= 15 is 0 Å². The van der Waals surface area contributed by atoms with Gasteiger partial charge in [-0.3, -0.25) is 30.4 Å². The molecule has 112 valence electrons. The molecule has 0 aliphatic rings. The lowest BCUT2D eigenvalue weighted by Crippen LogP contribution is -2.20. The van der Waals surface area contributed by atoms with Gasteiger partial charge >= 0.3 is 5.97 Å². The Bertz CT molecular complexity index is 586. The van der Waals surface area contributed by atoms with Gasteiger partial charge in [0.15, 0.2) is 0 Å². The fourth-order valence-electron chi connectivity index (χ4n) is 1.35. The maximum Gasteiger partial charge on any atom is 0.327 e. The van der Waals surface area contributed by atoms with Crippen LogP contribution in [0.4, 0.5) is 11.4 Å². The molecule has 1 rings (SSSR count). The van der Waals surface area contributed by atoms with Crippen LogP contribution in [0, 0.1) is 20.2 Å². The molecule has 0 amide bonds. The third kappa shape index (κ3) is 4.86. The van der Waals surface area contributed by atoms with E-state index < -0.39 is 27.2 Å². The van der Waals surface area contributed by atoms with Crippen LogP contribution in [0.1, 0.15) is 12.5 Å². The topological polar surface area (TPSA) is 137 Å². The number of non-ortho nitro benzene ring substituents is 1. The second-order valence-corrected chi connectivity index (χ2v) is 3.66. The van der Waals surface area contributed by atoms with Gasteiger partial charge in [-0.2, -0.15) is 5.10 Å². The molecular weight excluding hydrogens is 284 g/mol. The summed E-state index contributed by atoms with van der Waals surface area (Å²) in [4.78, 5) is 30.9.